The molecular weight excluding hydrogens is 367 g/mol. The number of ether oxygens (including phenoxy) is 1. The van der Waals surface area contributed by atoms with E-state index < -0.39 is 6.04 Å². The number of benzene rings is 3. The number of aromatic nitrogens is 1. The van der Waals surface area contributed by atoms with Gasteiger partial charge in [0.15, 0.2) is 0 Å². The highest BCUT2D eigenvalue weighted by atomic mass is 19.1. The van der Waals surface area contributed by atoms with Crippen molar-refractivity contribution in [1.29, 1.82) is 0 Å². The molecule has 0 saturated carbocycles. The molecule has 0 radical (unpaired) electrons. The first-order valence-electron chi connectivity index (χ1n) is 9.45. The van der Waals surface area contributed by atoms with Crippen LogP contribution in [0.5, 0.6) is 5.75 Å². The molecule has 1 N–H and O–H groups in total. The van der Waals surface area contributed by atoms with Crippen LogP contribution in [-0.4, -0.2) is 22.9 Å². The van der Waals surface area contributed by atoms with E-state index in [4.69, 9.17) is 4.74 Å². The van der Waals surface area contributed by atoms with E-state index >= 15 is 0 Å². The van der Waals surface area contributed by atoms with Gasteiger partial charge >= 0.3 is 0 Å². The maximum atomic E-state index is 14.2. The molecule has 1 aromatic heterocycles. The van der Waals surface area contributed by atoms with Gasteiger partial charge in [-0.25, -0.2) is 4.39 Å². The summed E-state index contributed by atoms with van der Waals surface area (Å²) in [6.45, 7) is 0.453. The minimum atomic E-state index is -0.507. The molecule has 29 heavy (non-hydrogen) atoms. The van der Waals surface area contributed by atoms with Gasteiger partial charge in [0.25, 0.3) is 5.91 Å². The van der Waals surface area contributed by atoms with E-state index in [2.05, 4.69) is 4.98 Å². The number of para-hydroxylation sites is 1. The molecule has 2 heterocycles. The van der Waals surface area contributed by atoms with E-state index in [1.54, 1.807) is 18.1 Å². The summed E-state index contributed by atoms with van der Waals surface area (Å²) >= 11 is 0. The minimum absolute atomic E-state index is 0.0735. The molecule has 1 atom stereocenters. The molecule has 0 fully saturated rings. The lowest BCUT2D eigenvalue weighted by Crippen LogP contribution is -2.30. The number of hydrogen-bond donors (Lipinski definition) is 1. The maximum Gasteiger partial charge on any atom is 0.255 e. The second-order valence-electron chi connectivity index (χ2n) is 7.19. The van der Waals surface area contributed by atoms with Crippen molar-refractivity contribution >= 4 is 16.8 Å². The number of nitrogens with zero attached hydrogens (tertiary/aromatic N) is 1. The fourth-order valence-electron chi connectivity index (χ4n) is 4.15. The molecule has 0 spiro atoms. The summed E-state index contributed by atoms with van der Waals surface area (Å²) in [6.07, 6.45) is 0. The van der Waals surface area contributed by atoms with Gasteiger partial charge in [-0.15, -0.1) is 0 Å². The van der Waals surface area contributed by atoms with E-state index in [-0.39, 0.29) is 11.7 Å². The Balaban J connectivity index is 1.70. The zero-order valence-corrected chi connectivity index (χ0v) is 15.9. The number of carbonyl (C=O) groups excluding carboxylic acids is 1. The molecule has 3 aromatic carbocycles. The third-order valence-corrected chi connectivity index (χ3v) is 5.49. The molecular formula is C24H19FN2O2. The summed E-state index contributed by atoms with van der Waals surface area (Å²) in [4.78, 5) is 18.4. The maximum absolute atomic E-state index is 14.2. The molecule has 4 aromatic rings. The van der Waals surface area contributed by atoms with Crippen molar-refractivity contribution in [3.63, 3.8) is 0 Å². The first-order valence-corrected chi connectivity index (χ1v) is 9.45. The topological polar surface area (TPSA) is 45.3 Å². The van der Waals surface area contributed by atoms with Gasteiger partial charge in [-0.05, 0) is 47.3 Å². The Morgan fingerprint density at radius 2 is 1.83 bits per heavy atom. The van der Waals surface area contributed by atoms with Crippen molar-refractivity contribution in [2.45, 2.75) is 12.6 Å². The van der Waals surface area contributed by atoms with E-state index in [1.807, 2.05) is 54.6 Å². The first kappa shape index (κ1) is 17.5. The number of nitrogens with one attached hydrogen (secondary N) is 1. The standard InChI is InChI=1S/C24H19FN2O2/c1-29-22-11-10-17(25)13-19(22)23(21-12-15-6-3-5-9-20(15)26-21)27-14-16-7-2-4-8-18(16)24(27)28/h2-13,23,26H,14H2,1H3/t23-/m1/s1. The second kappa shape index (κ2) is 6.78. The third kappa shape index (κ3) is 2.86. The lowest BCUT2D eigenvalue weighted by Gasteiger charge is -2.29. The number of carbonyl (C=O) groups is 1. The zero-order chi connectivity index (χ0) is 20.0. The monoisotopic (exact) mass is 386 g/mol. The Labute approximate surface area is 167 Å². The lowest BCUT2D eigenvalue weighted by molar-refractivity contribution is 0.0726. The van der Waals surface area contributed by atoms with Gasteiger partial charge in [0.1, 0.15) is 17.6 Å². The predicted octanol–water partition coefficient (Wildman–Crippen LogP) is 5.06. The van der Waals surface area contributed by atoms with Gasteiger partial charge in [0.2, 0.25) is 0 Å². The molecule has 144 valence electrons. The molecule has 5 heteroatoms. The highest BCUT2D eigenvalue weighted by Gasteiger charge is 2.36. The molecule has 0 aliphatic carbocycles. The SMILES string of the molecule is COc1ccc(F)cc1[C@H](c1cc2ccccc2[nH]1)N1Cc2ccccc2C1=O. The first-order chi connectivity index (χ1) is 14.2. The van der Waals surface area contributed by atoms with Crippen LogP contribution in [0, 0.1) is 5.82 Å². The van der Waals surface area contributed by atoms with Gasteiger partial charge in [0.05, 0.1) is 7.11 Å². The van der Waals surface area contributed by atoms with Crippen molar-refractivity contribution < 1.29 is 13.9 Å². The highest BCUT2D eigenvalue weighted by molar-refractivity contribution is 5.99. The number of hydrogen-bond acceptors (Lipinski definition) is 2. The molecule has 4 nitrogen and oxygen atoms in total. The van der Waals surface area contributed by atoms with Crippen molar-refractivity contribution in [2.75, 3.05) is 7.11 Å². The van der Waals surface area contributed by atoms with Crippen LogP contribution in [0.2, 0.25) is 0 Å². The average Bonchev–Trinajstić information content (AvgIpc) is 3.30. The Bertz CT molecular complexity index is 1200. The summed E-state index contributed by atoms with van der Waals surface area (Å²) in [5.41, 5.74) is 4.04. The van der Waals surface area contributed by atoms with Crippen LogP contribution in [-0.2, 0) is 6.54 Å². The average molecular weight is 386 g/mol. The smallest absolute Gasteiger partial charge is 0.255 e. The fourth-order valence-corrected chi connectivity index (χ4v) is 4.15. The minimum Gasteiger partial charge on any atom is -0.496 e. The van der Waals surface area contributed by atoms with E-state index in [9.17, 15) is 9.18 Å². The Morgan fingerprint density at radius 1 is 1.03 bits per heavy atom. The predicted molar refractivity (Wildman–Crippen MR) is 109 cm³/mol. The summed E-state index contributed by atoms with van der Waals surface area (Å²) in [5, 5.41) is 1.03. The number of H-pyrrole nitrogens is 1. The van der Waals surface area contributed by atoms with Crippen molar-refractivity contribution in [3.8, 4) is 5.75 Å². The van der Waals surface area contributed by atoms with Crippen molar-refractivity contribution in [3.05, 3.63) is 101 Å². The van der Waals surface area contributed by atoms with Crippen molar-refractivity contribution in [2.24, 2.45) is 0 Å². The van der Waals surface area contributed by atoms with Gasteiger partial charge in [-0.2, -0.15) is 0 Å². The number of aromatic amines is 1. The number of rotatable bonds is 4. The number of halogens is 1. The van der Waals surface area contributed by atoms with Crippen LogP contribution in [0.25, 0.3) is 10.9 Å². The van der Waals surface area contributed by atoms with Gasteiger partial charge in [0, 0.05) is 28.9 Å². The summed E-state index contributed by atoms with van der Waals surface area (Å²) in [7, 11) is 1.56. The molecule has 1 aliphatic rings. The van der Waals surface area contributed by atoms with Crippen LogP contribution in [0.1, 0.15) is 33.2 Å². The number of methoxy groups -OCH3 is 1. The van der Waals surface area contributed by atoms with Crippen LogP contribution in [0.15, 0.2) is 72.8 Å². The Morgan fingerprint density at radius 3 is 2.62 bits per heavy atom. The number of fused-ring (bicyclic) bond motifs is 2. The molecule has 0 unspecified atom stereocenters. The number of amides is 1. The largest absolute Gasteiger partial charge is 0.496 e. The summed E-state index contributed by atoms with van der Waals surface area (Å²) in [5.74, 6) is 0.0976. The second-order valence-corrected chi connectivity index (χ2v) is 7.19. The highest BCUT2D eigenvalue weighted by Crippen LogP contribution is 2.40. The fraction of sp³-hybridized carbons (Fsp3) is 0.125. The molecule has 0 bridgehead atoms. The van der Waals surface area contributed by atoms with E-state index in [1.165, 1.54) is 12.1 Å². The third-order valence-electron chi connectivity index (χ3n) is 5.49. The van der Waals surface area contributed by atoms with Crippen LogP contribution >= 0.6 is 0 Å². The Hall–Kier alpha value is -3.60. The molecule has 0 saturated heterocycles. The van der Waals surface area contributed by atoms with Crippen LogP contribution in [0.3, 0.4) is 0 Å². The molecule has 1 aliphatic heterocycles. The molecule has 5 rings (SSSR count). The van der Waals surface area contributed by atoms with E-state index in [0.717, 1.165) is 22.2 Å². The van der Waals surface area contributed by atoms with Crippen LogP contribution < -0.4 is 4.74 Å². The normalized spacial score (nSPS) is 14.3. The van der Waals surface area contributed by atoms with Gasteiger partial charge in [-0.3, -0.25) is 4.79 Å². The Kier molecular flexibility index (Phi) is 4.09. The van der Waals surface area contributed by atoms with E-state index in [0.29, 0.717) is 23.4 Å². The summed E-state index contributed by atoms with van der Waals surface area (Å²) in [6, 6.07) is 21.4. The van der Waals surface area contributed by atoms with Gasteiger partial charge in [-0.1, -0.05) is 36.4 Å². The lowest BCUT2D eigenvalue weighted by atomic mass is 10.0. The van der Waals surface area contributed by atoms with Crippen LogP contribution in [0.4, 0.5) is 4.39 Å². The quantitative estimate of drug-likeness (QED) is 0.533. The van der Waals surface area contributed by atoms with Crippen molar-refractivity contribution in [1.82, 2.24) is 9.88 Å². The zero-order valence-electron chi connectivity index (χ0n) is 15.9. The van der Waals surface area contributed by atoms with Gasteiger partial charge < -0.3 is 14.6 Å². The molecule has 1 amide bonds. The summed E-state index contributed by atoms with van der Waals surface area (Å²) < 4.78 is 19.8.